The molecule has 8 nitrogen and oxygen atoms in total. The number of ether oxygens (including phenoxy) is 1. The van der Waals surface area contributed by atoms with Crippen molar-refractivity contribution in [2.45, 2.75) is 65.1 Å². The van der Waals surface area contributed by atoms with E-state index in [1.54, 1.807) is 29.2 Å². The Bertz CT molecular complexity index is 1450. The van der Waals surface area contributed by atoms with Crippen LogP contribution in [0.25, 0.3) is 0 Å². The van der Waals surface area contributed by atoms with E-state index in [-0.39, 0.29) is 43.8 Å². The molecule has 0 saturated carbocycles. The molecule has 2 amide bonds. The number of benzene rings is 3. The number of rotatable bonds is 16. The number of carbonyl (C=O) groups excluding carboxylic acids is 2. The molecule has 43 heavy (non-hydrogen) atoms. The van der Waals surface area contributed by atoms with Gasteiger partial charge in [-0.2, -0.15) is 0 Å². The average Bonchev–Trinajstić information content (AvgIpc) is 2.97. The number of anilines is 1. The van der Waals surface area contributed by atoms with Crippen molar-refractivity contribution in [3.8, 4) is 5.75 Å². The number of amides is 2. The smallest absolute Gasteiger partial charge is 0.243 e. The summed E-state index contributed by atoms with van der Waals surface area (Å²) in [4.78, 5) is 29.3. The maximum absolute atomic E-state index is 14.0. The molecule has 0 bridgehead atoms. The molecule has 0 aromatic heterocycles. The number of nitrogens with zero attached hydrogens (tertiary/aromatic N) is 2. The van der Waals surface area contributed by atoms with Gasteiger partial charge in [-0.1, -0.05) is 77.5 Å². The minimum atomic E-state index is -3.66. The molecule has 0 fully saturated rings. The van der Waals surface area contributed by atoms with Crippen molar-refractivity contribution >= 4 is 43.5 Å². The summed E-state index contributed by atoms with van der Waals surface area (Å²) < 4.78 is 33.5. The molecular formula is C33H42BrN3O5S. The predicted molar refractivity (Wildman–Crippen MR) is 176 cm³/mol. The SMILES string of the molecule is CCOc1ccccc1N(CCCC(=O)N(Cc1cccc(Br)c1)[C@H](Cc1ccccc1)C(=O)N[C@H](C)CC)S(C)(=O)=O. The van der Waals surface area contributed by atoms with E-state index < -0.39 is 16.1 Å². The molecule has 0 radical (unpaired) electrons. The monoisotopic (exact) mass is 671 g/mol. The van der Waals surface area contributed by atoms with E-state index in [0.717, 1.165) is 28.3 Å². The van der Waals surface area contributed by atoms with Gasteiger partial charge in [0.1, 0.15) is 11.8 Å². The van der Waals surface area contributed by atoms with Gasteiger partial charge in [0, 0.05) is 36.4 Å². The van der Waals surface area contributed by atoms with Crippen molar-refractivity contribution < 1.29 is 22.7 Å². The number of carbonyl (C=O) groups is 2. The lowest BCUT2D eigenvalue weighted by atomic mass is 10.0. The Morgan fingerprint density at radius 1 is 0.953 bits per heavy atom. The first-order chi connectivity index (χ1) is 20.5. The zero-order chi connectivity index (χ0) is 31.4. The second-order valence-corrected chi connectivity index (χ2v) is 13.3. The summed E-state index contributed by atoms with van der Waals surface area (Å²) in [6.45, 7) is 6.48. The third-order valence-electron chi connectivity index (χ3n) is 7.10. The minimum absolute atomic E-state index is 0.0534. The molecule has 3 rings (SSSR count). The molecule has 3 aromatic carbocycles. The largest absolute Gasteiger partial charge is 0.492 e. The summed E-state index contributed by atoms with van der Waals surface area (Å²) in [6.07, 6.45) is 2.56. The van der Waals surface area contributed by atoms with Crippen LogP contribution in [0.4, 0.5) is 5.69 Å². The summed E-state index contributed by atoms with van der Waals surface area (Å²) in [7, 11) is -3.66. The second kappa shape index (κ2) is 16.5. The molecule has 0 aliphatic rings. The van der Waals surface area contributed by atoms with Gasteiger partial charge < -0.3 is 15.0 Å². The highest BCUT2D eigenvalue weighted by molar-refractivity contribution is 9.10. The van der Waals surface area contributed by atoms with Crippen molar-refractivity contribution in [2.75, 3.05) is 23.7 Å². The number of hydrogen-bond donors (Lipinski definition) is 1. The van der Waals surface area contributed by atoms with E-state index >= 15 is 0 Å². The first kappa shape index (κ1) is 34.1. The highest BCUT2D eigenvalue weighted by atomic mass is 79.9. The predicted octanol–water partition coefficient (Wildman–Crippen LogP) is 5.95. The standard InChI is InChI=1S/C33H42BrN3O5S/c1-5-25(3)35-33(39)30(23-26-14-8-7-9-15-26)36(24-27-16-12-17-28(34)22-27)32(38)20-13-21-37(43(4,40)41)29-18-10-11-19-31(29)42-6-2/h7-12,14-19,22,25,30H,5-6,13,20-21,23-24H2,1-4H3,(H,35,39)/t25-,30-/m1/s1. The number of nitrogens with one attached hydrogen (secondary N) is 1. The molecule has 0 unspecified atom stereocenters. The van der Waals surface area contributed by atoms with Gasteiger partial charge in [0.05, 0.1) is 18.6 Å². The van der Waals surface area contributed by atoms with E-state index in [1.807, 2.05) is 75.4 Å². The third-order valence-corrected chi connectivity index (χ3v) is 8.77. The fraction of sp³-hybridized carbons (Fsp3) is 0.394. The summed E-state index contributed by atoms with van der Waals surface area (Å²) in [6, 6.07) is 23.5. The summed E-state index contributed by atoms with van der Waals surface area (Å²) >= 11 is 3.51. The Hall–Kier alpha value is -3.37. The highest BCUT2D eigenvalue weighted by Gasteiger charge is 2.31. The Kier molecular flexibility index (Phi) is 13.1. The molecule has 1 N–H and O–H groups in total. The lowest BCUT2D eigenvalue weighted by molar-refractivity contribution is -0.141. The quantitative estimate of drug-likeness (QED) is 0.203. The Morgan fingerprint density at radius 3 is 2.28 bits per heavy atom. The second-order valence-electron chi connectivity index (χ2n) is 10.5. The molecule has 232 valence electrons. The maximum Gasteiger partial charge on any atom is 0.243 e. The van der Waals surface area contributed by atoms with Crippen molar-refractivity contribution in [3.05, 3.63) is 94.5 Å². The van der Waals surface area contributed by atoms with Crippen LogP contribution < -0.4 is 14.4 Å². The zero-order valence-electron chi connectivity index (χ0n) is 25.3. The molecule has 2 atom stereocenters. The number of sulfonamides is 1. The maximum atomic E-state index is 14.0. The van der Waals surface area contributed by atoms with Crippen LogP contribution in [0.2, 0.25) is 0 Å². The van der Waals surface area contributed by atoms with Crippen molar-refractivity contribution in [2.24, 2.45) is 0 Å². The van der Waals surface area contributed by atoms with E-state index in [1.165, 1.54) is 4.31 Å². The molecule has 0 spiro atoms. The minimum Gasteiger partial charge on any atom is -0.492 e. The molecule has 3 aromatic rings. The van der Waals surface area contributed by atoms with E-state index in [9.17, 15) is 18.0 Å². The zero-order valence-corrected chi connectivity index (χ0v) is 27.7. The molecule has 0 aliphatic carbocycles. The van der Waals surface area contributed by atoms with Crippen LogP contribution >= 0.6 is 15.9 Å². The van der Waals surface area contributed by atoms with Crippen LogP contribution in [0.15, 0.2) is 83.3 Å². The topological polar surface area (TPSA) is 96.0 Å². The summed E-state index contributed by atoms with van der Waals surface area (Å²) in [5.41, 5.74) is 2.25. The van der Waals surface area contributed by atoms with Crippen LogP contribution in [-0.4, -0.2) is 56.6 Å². The molecule has 10 heteroatoms. The first-order valence-electron chi connectivity index (χ1n) is 14.6. The normalized spacial score (nSPS) is 12.7. The van der Waals surface area contributed by atoms with Crippen LogP contribution in [0.1, 0.15) is 51.2 Å². The van der Waals surface area contributed by atoms with Gasteiger partial charge in [-0.05, 0) is 62.1 Å². The van der Waals surface area contributed by atoms with Gasteiger partial charge in [-0.3, -0.25) is 13.9 Å². The van der Waals surface area contributed by atoms with Gasteiger partial charge in [0.15, 0.2) is 0 Å². The van der Waals surface area contributed by atoms with Crippen molar-refractivity contribution in [1.82, 2.24) is 10.2 Å². The fourth-order valence-electron chi connectivity index (χ4n) is 4.75. The van der Waals surface area contributed by atoms with E-state index in [0.29, 0.717) is 24.5 Å². The van der Waals surface area contributed by atoms with E-state index in [4.69, 9.17) is 4.74 Å². The van der Waals surface area contributed by atoms with Crippen LogP contribution in [0, 0.1) is 0 Å². The van der Waals surface area contributed by atoms with Crippen molar-refractivity contribution in [3.63, 3.8) is 0 Å². The van der Waals surface area contributed by atoms with Crippen LogP contribution in [-0.2, 0) is 32.6 Å². The van der Waals surface area contributed by atoms with Gasteiger partial charge >= 0.3 is 0 Å². The lowest BCUT2D eigenvalue weighted by Gasteiger charge is -2.33. The molecular weight excluding hydrogens is 630 g/mol. The molecule has 0 heterocycles. The van der Waals surface area contributed by atoms with Gasteiger partial charge in [0.2, 0.25) is 21.8 Å². The van der Waals surface area contributed by atoms with Gasteiger partial charge in [-0.25, -0.2) is 8.42 Å². The fourth-order valence-corrected chi connectivity index (χ4v) is 6.17. The van der Waals surface area contributed by atoms with Crippen LogP contribution in [0.5, 0.6) is 5.75 Å². The number of halogens is 1. The van der Waals surface area contributed by atoms with Gasteiger partial charge in [0.25, 0.3) is 0 Å². The van der Waals surface area contributed by atoms with Crippen LogP contribution in [0.3, 0.4) is 0 Å². The van der Waals surface area contributed by atoms with Gasteiger partial charge in [-0.15, -0.1) is 0 Å². The number of hydrogen-bond acceptors (Lipinski definition) is 5. The Labute approximate surface area is 264 Å². The molecule has 0 saturated heterocycles. The Morgan fingerprint density at radius 2 is 1.63 bits per heavy atom. The Balaban J connectivity index is 1.91. The third kappa shape index (κ3) is 10.4. The van der Waals surface area contributed by atoms with E-state index in [2.05, 4.69) is 21.2 Å². The molecule has 0 aliphatic heterocycles. The number of para-hydroxylation sites is 2. The summed E-state index contributed by atoms with van der Waals surface area (Å²) in [5, 5.41) is 3.07. The summed E-state index contributed by atoms with van der Waals surface area (Å²) in [5.74, 6) is 0.0133. The average molecular weight is 673 g/mol. The highest BCUT2D eigenvalue weighted by Crippen LogP contribution is 2.30. The van der Waals surface area contributed by atoms with Crippen molar-refractivity contribution in [1.29, 1.82) is 0 Å². The first-order valence-corrected chi connectivity index (χ1v) is 17.2. The lowest BCUT2D eigenvalue weighted by Crippen LogP contribution is -2.52.